The first-order valence-corrected chi connectivity index (χ1v) is 9.37. The third-order valence-corrected chi connectivity index (χ3v) is 5.96. The second kappa shape index (κ2) is 5.84. The lowest BCUT2D eigenvalue weighted by atomic mass is 9.88. The van der Waals surface area contributed by atoms with Gasteiger partial charge in [-0.15, -0.1) is 11.3 Å². The van der Waals surface area contributed by atoms with E-state index in [2.05, 4.69) is 9.97 Å². The van der Waals surface area contributed by atoms with Crippen molar-refractivity contribution in [1.29, 1.82) is 0 Å². The number of halogens is 3. The number of carbonyl (C=O) groups is 1. The highest BCUT2D eigenvalue weighted by molar-refractivity contribution is 7.13. The number of hydrogen-bond donors (Lipinski definition) is 1. The molecule has 3 aliphatic heterocycles. The van der Waals surface area contributed by atoms with E-state index in [4.69, 9.17) is 4.42 Å². The fraction of sp³-hybridized carbons (Fsp3) is 0.353. The molecule has 28 heavy (non-hydrogen) atoms. The highest BCUT2D eigenvalue weighted by Crippen LogP contribution is 2.40. The fourth-order valence-electron chi connectivity index (χ4n) is 3.91. The summed E-state index contributed by atoms with van der Waals surface area (Å²) in [5, 5.41) is 11.3. The number of aromatic nitrogens is 2. The molecule has 1 N–H and O–H groups in total. The van der Waals surface area contributed by atoms with E-state index < -0.39 is 17.8 Å². The number of fused-ring (bicyclic) bond motifs is 3. The van der Waals surface area contributed by atoms with Gasteiger partial charge in [-0.1, -0.05) is 0 Å². The van der Waals surface area contributed by atoms with E-state index in [1.54, 1.807) is 10.3 Å². The summed E-state index contributed by atoms with van der Waals surface area (Å²) in [6, 6.07) is 1.88. The molecule has 5 heterocycles. The number of benzene rings is 1. The van der Waals surface area contributed by atoms with Gasteiger partial charge in [0.05, 0.1) is 23.2 Å². The highest BCUT2D eigenvalue weighted by Gasteiger charge is 2.48. The minimum absolute atomic E-state index is 0.101. The molecule has 146 valence electrons. The number of alkyl halides is 3. The Kier molecular flexibility index (Phi) is 3.60. The van der Waals surface area contributed by atoms with Crippen molar-refractivity contribution in [2.75, 3.05) is 18.0 Å². The standard InChI is InChI=1S/C17H13F3N4O3S/c18-17(19,20)8-3-11(14-21-1-2-28-14)13-12(4-8)22-15(27-13)23-6-9-5-10(7-23)24(9)16(25)26/h1-4,9-10H,5-7H2,(H,25,26). The van der Waals surface area contributed by atoms with Gasteiger partial charge in [0.25, 0.3) is 6.01 Å². The molecule has 3 saturated heterocycles. The third kappa shape index (κ3) is 2.60. The Balaban J connectivity index is 1.56. The lowest BCUT2D eigenvalue weighted by molar-refractivity contribution is -0.137. The van der Waals surface area contributed by atoms with Crippen molar-refractivity contribution in [3.05, 3.63) is 29.3 Å². The van der Waals surface area contributed by atoms with E-state index in [9.17, 15) is 23.1 Å². The predicted molar refractivity (Wildman–Crippen MR) is 94.4 cm³/mol. The maximum absolute atomic E-state index is 13.3. The lowest BCUT2D eigenvalue weighted by Crippen LogP contribution is -2.70. The number of rotatable bonds is 2. The molecule has 0 spiro atoms. The molecule has 1 amide bonds. The number of hydrogen-bond acceptors (Lipinski definition) is 6. The molecule has 1 aromatic carbocycles. The van der Waals surface area contributed by atoms with Gasteiger partial charge in [-0.2, -0.15) is 18.2 Å². The van der Waals surface area contributed by atoms with Crippen molar-refractivity contribution in [1.82, 2.24) is 14.9 Å². The Hall–Kier alpha value is -2.82. The first-order valence-electron chi connectivity index (χ1n) is 8.49. The minimum Gasteiger partial charge on any atom is -0.465 e. The molecule has 7 nitrogen and oxygen atoms in total. The number of oxazole rings is 1. The molecular weight excluding hydrogens is 397 g/mol. The summed E-state index contributed by atoms with van der Waals surface area (Å²) >= 11 is 1.21. The van der Waals surface area contributed by atoms with Crippen LogP contribution in [0.5, 0.6) is 0 Å². The zero-order valence-electron chi connectivity index (χ0n) is 14.2. The zero-order valence-corrected chi connectivity index (χ0v) is 15.0. The second-order valence-electron chi connectivity index (χ2n) is 6.84. The molecule has 3 aromatic rings. The van der Waals surface area contributed by atoms with E-state index in [0.717, 1.165) is 18.6 Å². The monoisotopic (exact) mass is 410 g/mol. The summed E-state index contributed by atoms with van der Waals surface area (Å²) in [5.41, 5.74) is -0.229. The van der Waals surface area contributed by atoms with Gasteiger partial charge >= 0.3 is 12.3 Å². The molecule has 0 aliphatic carbocycles. The second-order valence-corrected chi connectivity index (χ2v) is 7.74. The minimum atomic E-state index is -4.52. The molecule has 0 radical (unpaired) electrons. The van der Waals surface area contributed by atoms with E-state index in [-0.39, 0.29) is 34.8 Å². The molecule has 2 bridgehead atoms. The molecule has 0 saturated carbocycles. The SMILES string of the molecule is O=C(O)N1C2CC1CN(c1nc3cc(C(F)(F)F)cc(-c4nccs4)c3o1)C2. The summed E-state index contributed by atoms with van der Waals surface area (Å²) in [6.07, 6.45) is -3.19. The molecule has 3 aliphatic rings. The molecule has 11 heteroatoms. The first-order chi connectivity index (χ1) is 13.3. The van der Waals surface area contributed by atoms with Crippen LogP contribution in [0.1, 0.15) is 12.0 Å². The van der Waals surface area contributed by atoms with Crippen LogP contribution in [0.2, 0.25) is 0 Å². The van der Waals surface area contributed by atoms with Crippen LogP contribution in [0.25, 0.3) is 21.7 Å². The molecule has 2 atom stereocenters. The van der Waals surface area contributed by atoms with Crippen molar-refractivity contribution in [2.45, 2.75) is 24.7 Å². The molecule has 3 fully saturated rings. The number of piperazine rings is 1. The molecule has 2 aromatic heterocycles. The van der Waals surface area contributed by atoms with Crippen LogP contribution in [0, 0.1) is 0 Å². The van der Waals surface area contributed by atoms with Gasteiger partial charge in [0, 0.05) is 24.7 Å². The number of nitrogens with zero attached hydrogens (tertiary/aromatic N) is 4. The van der Waals surface area contributed by atoms with Crippen LogP contribution in [-0.4, -0.2) is 51.2 Å². The molecular formula is C17H13F3N4O3S. The Morgan fingerprint density at radius 1 is 1.29 bits per heavy atom. The van der Waals surface area contributed by atoms with Crippen molar-refractivity contribution < 1.29 is 27.5 Å². The van der Waals surface area contributed by atoms with E-state index in [0.29, 0.717) is 18.1 Å². The Morgan fingerprint density at radius 3 is 2.64 bits per heavy atom. The number of carboxylic acid groups (broad SMARTS) is 1. The first kappa shape index (κ1) is 17.3. The Labute approximate surface area is 160 Å². The van der Waals surface area contributed by atoms with Crippen LogP contribution < -0.4 is 4.90 Å². The average Bonchev–Trinajstić information content (AvgIpc) is 3.29. The normalized spacial score (nSPS) is 21.8. The van der Waals surface area contributed by atoms with Crippen LogP contribution >= 0.6 is 11.3 Å². The summed E-state index contributed by atoms with van der Waals surface area (Å²) in [5.74, 6) is 0. The largest absolute Gasteiger partial charge is 0.465 e. The number of amides is 1. The van der Waals surface area contributed by atoms with E-state index in [1.165, 1.54) is 22.4 Å². The fourth-order valence-corrected chi connectivity index (χ4v) is 4.56. The molecule has 2 unspecified atom stereocenters. The van der Waals surface area contributed by atoms with Crippen molar-refractivity contribution >= 4 is 34.5 Å². The lowest BCUT2D eigenvalue weighted by Gasteiger charge is -2.54. The van der Waals surface area contributed by atoms with Crippen LogP contribution in [0.4, 0.5) is 24.0 Å². The quantitative estimate of drug-likeness (QED) is 0.690. The smallest absolute Gasteiger partial charge is 0.416 e. The van der Waals surface area contributed by atoms with Crippen LogP contribution in [0.15, 0.2) is 28.1 Å². The summed E-state index contributed by atoms with van der Waals surface area (Å²) in [6.45, 7) is 0.794. The van der Waals surface area contributed by atoms with Gasteiger partial charge in [-0.05, 0) is 18.6 Å². The Morgan fingerprint density at radius 2 is 2.04 bits per heavy atom. The number of piperidine rings is 1. The van der Waals surface area contributed by atoms with Gasteiger partial charge in [0.2, 0.25) is 0 Å². The predicted octanol–water partition coefficient (Wildman–Crippen LogP) is 3.91. The van der Waals surface area contributed by atoms with Gasteiger partial charge < -0.3 is 14.4 Å². The van der Waals surface area contributed by atoms with Gasteiger partial charge in [-0.25, -0.2) is 9.78 Å². The van der Waals surface area contributed by atoms with E-state index >= 15 is 0 Å². The molecule has 6 rings (SSSR count). The van der Waals surface area contributed by atoms with Crippen molar-refractivity contribution in [3.8, 4) is 10.6 Å². The van der Waals surface area contributed by atoms with Crippen molar-refractivity contribution in [2.24, 2.45) is 0 Å². The van der Waals surface area contributed by atoms with Gasteiger partial charge in [0.15, 0.2) is 5.58 Å². The topological polar surface area (TPSA) is 82.7 Å². The maximum atomic E-state index is 13.3. The Bertz CT molecular complexity index is 1050. The maximum Gasteiger partial charge on any atom is 0.416 e. The third-order valence-electron chi connectivity index (χ3n) is 5.15. The van der Waals surface area contributed by atoms with E-state index in [1.807, 2.05) is 0 Å². The van der Waals surface area contributed by atoms with Gasteiger partial charge in [0.1, 0.15) is 10.5 Å². The summed E-state index contributed by atoms with van der Waals surface area (Å²) < 4.78 is 45.8. The average molecular weight is 410 g/mol. The van der Waals surface area contributed by atoms with Crippen LogP contribution in [0.3, 0.4) is 0 Å². The number of thiazole rings is 1. The summed E-state index contributed by atoms with van der Waals surface area (Å²) in [7, 11) is 0. The zero-order chi connectivity index (χ0) is 19.6. The highest BCUT2D eigenvalue weighted by atomic mass is 32.1. The number of anilines is 1. The summed E-state index contributed by atoms with van der Waals surface area (Å²) in [4.78, 5) is 22.8. The van der Waals surface area contributed by atoms with Gasteiger partial charge in [-0.3, -0.25) is 4.90 Å². The van der Waals surface area contributed by atoms with Crippen molar-refractivity contribution in [3.63, 3.8) is 0 Å². The van der Waals surface area contributed by atoms with Crippen LogP contribution in [-0.2, 0) is 6.18 Å².